The minimum atomic E-state index is 0.280. The van der Waals surface area contributed by atoms with Gasteiger partial charge in [-0.15, -0.1) is 0 Å². The molecule has 0 radical (unpaired) electrons. The van der Waals surface area contributed by atoms with Crippen LogP contribution in [-0.2, 0) is 13.5 Å². The van der Waals surface area contributed by atoms with Gasteiger partial charge in [0, 0.05) is 25.0 Å². The molecule has 4 rings (SSSR count). The van der Waals surface area contributed by atoms with Crippen molar-refractivity contribution in [3.8, 4) is 17.1 Å². The highest BCUT2D eigenvalue weighted by molar-refractivity contribution is 7.09. The molecule has 154 valence electrons. The van der Waals surface area contributed by atoms with Crippen LogP contribution in [0.25, 0.3) is 11.4 Å². The van der Waals surface area contributed by atoms with Gasteiger partial charge < -0.3 is 10.1 Å². The SMILES string of the molecule is CCCc1nsc(Nc2c(-c3ncc(OC4CCCCC4)c(C)n3)cnn2C)n1. The van der Waals surface area contributed by atoms with Gasteiger partial charge in [-0.3, -0.25) is 4.68 Å². The minimum Gasteiger partial charge on any atom is -0.487 e. The highest BCUT2D eigenvalue weighted by Gasteiger charge is 2.19. The van der Waals surface area contributed by atoms with Crippen molar-refractivity contribution in [1.29, 1.82) is 0 Å². The first-order valence-corrected chi connectivity index (χ1v) is 11.0. The van der Waals surface area contributed by atoms with E-state index in [1.54, 1.807) is 17.1 Å². The Morgan fingerprint density at radius 1 is 1.21 bits per heavy atom. The average Bonchev–Trinajstić information content (AvgIpc) is 3.32. The molecule has 0 aliphatic heterocycles. The molecule has 3 aromatic rings. The van der Waals surface area contributed by atoms with Crippen molar-refractivity contribution < 1.29 is 4.74 Å². The zero-order valence-electron chi connectivity index (χ0n) is 17.2. The second-order valence-electron chi connectivity index (χ2n) is 7.44. The van der Waals surface area contributed by atoms with Gasteiger partial charge in [0.05, 0.1) is 29.8 Å². The largest absolute Gasteiger partial charge is 0.487 e. The van der Waals surface area contributed by atoms with Crippen molar-refractivity contribution in [3.63, 3.8) is 0 Å². The summed E-state index contributed by atoms with van der Waals surface area (Å²) in [6.07, 6.45) is 11.7. The van der Waals surface area contributed by atoms with Crippen LogP contribution < -0.4 is 10.1 Å². The first-order chi connectivity index (χ1) is 14.1. The molecule has 1 aliphatic rings. The third kappa shape index (κ3) is 4.55. The fourth-order valence-electron chi connectivity index (χ4n) is 3.54. The van der Waals surface area contributed by atoms with Crippen LogP contribution in [0.4, 0.5) is 10.9 Å². The molecule has 0 atom stereocenters. The summed E-state index contributed by atoms with van der Waals surface area (Å²) in [5, 5.41) is 8.45. The van der Waals surface area contributed by atoms with Crippen molar-refractivity contribution in [2.24, 2.45) is 7.05 Å². The number of ether oxygens (including phenoxy) is 1. The number of hydrogen-bond acceptors (Lipinski definition) is 8. The molecule has 0 saturated heterocycles. The fraction of sp³-hybridized carbons (Fsp3) is 0.550. The third-order valence-electron chi connectivity index (χ3n) is 5.13. The van der Waals surface area contributed by atoms with E-state index in [0.29, 0.717) is 5.82 Å². The Kier molecular flexibility index (Phi) is 6.03. The minimum absolute atomic E-state index is 0.280. The smallest absolute Gasteiger partial charge is 0.208 e. The zero-order chi connectivity index (χ0) is 20.2. The van der Waals surface area contributed by atoms with Crippen molar-refractivity contribution in [3.05, 3.63) is 23.9 Å². The van der Waals surface area contributed by atoms with Gasteiger partial charge in [0.1, 0.15) is 11.6 Å². The van der Waals surface area contributed by atoms with E-state index in [1.807, 2.05) is 14.0 Å². The van der Waals surface area contributed by atoms with Crippen LogP contribution in [-0.4, -0.2) is 35.2 Å². The molecule has 1 fully saturated rings. The predicted octanol–water partition coefficient (Wildman–Crippen LogP) is 4.44. The molecule has 1 saturated carbocycles. The molecule has 0 unspecified atom stereocenters. The van der Waals surface area contributed by atoms with Crippen LogP contribution in [0, 0.1) is 6.92 Å². The monoisotopic (exact) mass is 413 g/mol. The lowest BCUT2D eigenvalue weighted by atomic mass is 9.98. The quantitative estimate of drug-likeness (QED) is 0.612. The number of aromatic nitrogens is 6. The summed E-state index contributed by atoms with van der Waals surface area (Å²) in [5.74, 6) is 3.05. The van der Waals surface area contributed by atoms with Gasteiger partial charge in [-0.25, -0.2) is 15.0 Å². The summed E-state index contributed by atoms with van der Waals surface area (Å²) in [6, 6.07) is 0. The topological polar surface area (TPSA) is 90.6 Å². The van der Waals surface area contributed by atoms with E-state index in [2.05, 4.69) is 31.7 Å². The van der Waals surface area contributed by atoms with E-state index in [1.165, 1.54) is 30.8 Å². The van der Waals surface area contributed by atoms with E-state index in [0.717, 1.165) is 59.5 Å². The Morgan fingerprint density at radius 3 is 2.79 bits per heavy atom. The molecule has 1 N–H and O–H groups in total. The normalized spacial score (nSPS) is 14.9. The van der Waals surface area contributed by atoms with Crippen molar-refractivity contribution in [2.75, 3.05) is 5.32 Å². The van der Waals surface area contributed by atoms with Gasteiger partial charge >= 0.3 is 0 Å². The summed E-state index contributed by atoms with van der Waals surface area (Å²) in [4.78, 5) is 13.8. The van der Waals surface area contributed by atoms with E-state index < -0.39 is 0 Å². The molecule has 3 heterocycles. The van der Waals surface area contributed by atoms with Crippen LogP contribution in [0.1, 0.15) is 57.0 Å². The van der Waals surface area contributed by atoms with E-state index in [9.17, 15) is 0 Å². The molecule has 0 spiro atoms. The molecular formula is C20H27N7OS. The number of anilines is 2. The number of hydrogen-bond donors (Lipinski definition) is 1. The third-order valence-corrected chi connectivity index (χ3v) is 5.80. The predicted molar refractivity (Wildman–Crippen MR) is 114 cm³/mol. The molecule has 8 nitrogen and oxygen atoms in total. The Labute approximate surface area is 174 Å². The van der Waals surface area contributed by atoms with Gasteiger partial charge in [-0.2, -0.15) is 9.47 Å². The maximum Gasteiger partial charge on any atom is 0.208 e. The maximum atomic E-state index is 6.16. The first kappa shape index (κ1) is 19.8. The zero-order valence-corrected chi connectivity index (χ0v) is 18.0. The fourth-order valence-corrected chi connectivity index (χ4v) is 4.16. The highest BCUT2D eigenvalue weighted by Crippen LogP contribution is 2.30. The maximum absolute atomic E-state index is 6.16. The first-order valence-electron chi connectivity index (χ1n) is 10.3. The van der Waals surface area contributed by atoms with Crippen molar-refractivity contribution >= 4 is 22.5 Å². The van der Waals surface area contributed by atoms with Crippen molar-refractivity contribution in [2.45, 2.75) is 64.9 Å². The van der Waals surface area contributed by atoms with E-state index >= 15 is 0 Å². The van der Waals surface area contributed by atoms with Gasteiger partial charge in [0.15, 0.2) is 11.6 Å². The van der Waals surface area contributed by atoms with Crippen LogP contribution in [0.15, 0.2) is 12.4 Å². The lowest BCUT2D eigenvalue weighted by Crippen LogP contribution is -2.20. The van der Waals surface area contributed by atoms with Crippen LogP contribution in [0.3, 0.4) is 0 Å². The van der Waals surface area contributed by atoms with Gasteiger partial charge in [0.2, 0.25) is 5.13 Å². The van der Waals surface area contributed by atoms with Gasteiger partial charge in [0.25, 0.3) is 0 Å². The number of rotatable bonds is 7. The lowest BCUT2D eigenvalue weighted by molar-refractivity contribution is 0.152. The second-order valence-corrected chi connectivity index (χ2v) is 8.19. The molecule has 1 aliphatic carbocycles. The number of aryl methyl sites for hydroxylation is 3. The standard InChI is InChI=1S/C20H27N7OS/c1-4-8-17-24-20(29-26-17)25-19-15(11-22-27(19)3)18-21-12-16(13(2)23-18)28-14-9-6-5-7-10-14/h11-12,14H,4-10H2,1-3H3,(H,24,25,26). The summed E-state index contributed by atoms with van der Waals surface area (Å²) < 4.78 is 12.3. The molecule has 0 aromatic carbocycles. The van der Waals surface area contributed by atoms with E-state index in [-0.39, 0.29) is 6.10 Å². The van der Waals surface area contributed by atoms with Gasteiger partial charge in [-0.05, 0) is 39.0 Å². The molecule has 3 aromatic heterocycles. The van der Waals surface area contributed by atoms with E-state index in [4.69, 9.17) is 9.72 Å². The molecular weight excluding hydrogens is 386 g/mol. The van der Waals surface area contributed by atoms with Crippen molar-refractivity contribution in [1.82, 2.24) is 29.1 Å². The molecule has 0 amide bonds. The molecule has 29 heavy (non-hydrogen) atoms. The summed E-state index contributed by atoms with van der Waals surface area (Å²) in [6.45, 7) is 4.09. The van der Waals surface area contributed by atoms with Crippen LogP contribution >= 0.6 is 11.5 Å². The Bertz CT molecular complexity index is 962. The summed E-state index contributed by atoms with van der Waals surface area (Å²) in [7, 11) is 1.88. The Hall–Kier alpha value is -2.55. The number of nitrogens with zero attached hydrogens (tertiary/aromatic N) is 6. The Balaban J connectivity index is 1.54. The number of nitrogens with one attached hydrogen (secondary N) is 1. The summed E-state index contributed by atoms with van der Waals surface area (Å²) >= 11 is 1.35. The van der Waals surface area contributed by atoms with Crippen LogP contribution in [0.2, 0.25) is 0 Å². The Morgan fingerprint density at radius 2 is 2.03 bits per heavy atom. The van der Waals surface area contributed by atoms with Crippen LogP contribution in [0.5, 0.6) is 5.75 Å². The highest BCUT2D eigenvalue weighted by atomic mass is 32.1. The lowest BCUT2D eigenvalue weighted by Gasteiger charge is -2.23. The molecule has 0 bridgehead atoms. The summed E-state index contributed by atoms with van der Waals surface area (Å²) in [5.41, 5.74) is 1.67. The molecule has 9 heteroatoms. The van der Waals surface area contributed by atoms with Gasteiger partial charge in [-0.1, -0.05) is 13.3 Å². The average molecular weight is 414 g/mol. The second kappa shape index (κ2) is 8.86.